The van der Waals surface area contributed by atoms with Gasteiger partial charge in [-0.25, -0.2) is 0 Å². The maximum Gasteiger partial charge on any atom is 0.0456 e. The lowest BCUT2D eigenvalue weighted by Gasteiger charge is -2.19. The minimum absolute atomic E-state index is 0.334. The highest BCUT2D eigenvalue weighted by Gasteiger charge is 2.24. The van der Waals surface area contributed by atoms with Crippen molar-refractivity contribution in [3.8, 4) is 0 Å². The van der Waals surface area contributed by atoms with E-state index in [0.29, 0.717) is 12.5 Å². The molecule has 1 aliphatic rings. The van der Waals surface area contributed by atoms with Crippen LogP contribution in [0.3, 0.4) is 0 Å². The minimum atomic E-state index is 0.334. The van der Waals surface area contributed by atoms with E-state index >= 15 is 0 Å². The predicted molar refractivity (Wildman–Crippen MR) is 64.9 cm³/mol. The van der Waals surface area contributed by atoms with Crippen LogP contribution in [0.4, 0.5) is 0 Å². The van der Waals surface area contributed by atoms with Gasteiger partial charge in [-0.15, -0.1) is 0 Å². The molecule has 0 spiro atoms. The molecule has 0 bridgehead atoms. The molecule has 0 aromatic rings. The van der Waals surface area contributed by atoms with Crippen LogP contribution in [0.2, 0.25) is 0 Å². The second kappa shape index (κ2) is 7.24. The van der Waals surface area contributed by atoms with Crippen molar-refractivity contribution in [1.29, 1.82) is 0 Å². The van der Waals surface area contributed by atoms with Crippen LogP contribution >= 0.6 is 0 Å². The molecular weight excluding hydrogens is 186 g/mol. The molecular formula is C13H27NO. The average Bonchev–Trinajstić information content (AvgIpc) is 2.71. The number of aliphatic hydroxyl groups excluding tert-OH is 1. The molecule has 15 heavy (non-hydrogen) atoms. The third-order valence-corrected chi connectivity index (χ3v) is 3.78. The molecule has 90 valence electrons. The predicted octanol–water partition coefficient (Wildman–Crippen LogP) is 2.56. The second-order valence-electron chi connectivity index (χ2n) is 5.09. The largest absolute Gasteiger partial charge is 0.396 e. The van der Waals surface area contributed by atoms with Gasteiger partial charge in [0.1, 0.15) is 0 Å². The smallest absolute Gasteiger partial charge is 0.0456 e. The zero-order valence-electron chi connectivity index (χ0n) is 10.3. The van der Waals surface area contributed by atoms with Gasteiger partial charge in [0, 0.05) is 12.6 Å². The molecule has 3 unspecified atom stereocenters. The lowest BCUT2D eigenvalue weighted by Crippen LogP contribution is -2.33. The van der Waals surface area contributed by atoms with E-state index in [2.05, 4.69) is 19.2 Å². The Bertz CT molecular complexity index is 161. The molecule has 0 heterocycles. The molecule has 3 atom stereocenters. The van der Waals surface area contributed by atoms with Gasteiger partial charge >= 0.3 is 0 Å². The van der Waals surface area contributed by atoms with E-state index in [9.17, 15) is 0 Å². The summed E-state index contributed by atoms with van der Waals surface area (Å²) in [6, 6.07) is 0.777. The molecule has 1 fully saturated rings. The fraction of sp³-hybridized carbons (Fsp3) is 1.00. The third kappa shape index (κ3) is 4.52. The lowest BCUT2D eigenvalue weighted by molar-refractivity contribution is 0.227. The van der Waals surface area contributed by atoms with E-state index in [-0.39, 0.29) is 0 Å². The molecule has 1 aliphatic carbocycles. The van der Waals surface area contributed by atoms with Crippen LogP contribution in [0.25, 0.3) is 0 Å². The standard InChI is InChI=1S/C13H27NO/c1-3-12-7-4-8-13(12)14-9-5-6-11(2)10-15/h11-15H,3-10H2,1-2H3. The number of hydrogen-bond donors (Lipinski definition) is 2. The summed E-state index contributed by atoms with van der Waals surface area (Å²) in [6.45, 7) is 5.88. The maximum atomic E-state index is 8.91. The summed E-state index contributed by atoms with van der Waals surface area (Å²) in [5.41, 5.74) is 0. The highest BCUT2D eigenvalue weighted by atomic mass is 16.3. The monoisotopic (exact) mass is 213 g/mol. The Morgan fingerprint density at radius 2 is 2.20 bits per heavy atom. The van der Waals surface area contributed by atoms with Crippen LogP contribution in [0.1, 0.15) is 52.4 Å². The van der Waals surface area contributed by atoms with Crippen LogP contribution < -0.4 is 5.32 Å². The van der Waals surface area contributed by atoms with Crippen molar-refractivity contribution in [3.63, 3.8) is 0 Å². The van der Waals surface area contributed by atoms with Crippen molar-refractivity contribution in [2.45, 2.75) is 58.4 Å². The van der Waals surface area contributed by atoms with Crippen LogP contribution in [-0.4, -0.2) is 24.3 Å². The quantitative estimate of drug-likeness (QED) is 0.637. The summed E-state index contributed by atoms with van der Waals surface area (Å²) >= 11 is 0. The highest BCUT2D eigenvalue weighted by molar-refractivity contribution is 4.82. The Balaban J connectivity index is 2.04. The fourth-order valence-corrected chi connectivity index (χ4v) is 2.62. The van der Waals surface area contributed by atoms with Gasteiger partial charge in [-0.2, -0.15) is 0 Å². The van der Waals surface area contributed by atoms with E-state index in [1.165, 1.54) is 32.1 Å². The van der Waals surface area contributed by atoms with Gasteiger partial charge < -0.3 is 10.4 Å². The molecule has 0 amide bonds. The van der Waals surface area contributed by atoms with E-state index in [0.717, 1.165) is 24.9 Å². The summed E-state index contributed by atoms with van der Waals surface area (Å²) in [5.74, 6) is 1.39. The SMILES string of the molecule is CCC1CCCC1NCCCC(C)CO. The van der Waals surface area contributed by atoms with Crippen LogP contribution in [0.5, 0.6) is 0 Å². The molecule has 2 heteroatoms. The maximum absolute atomic E-state index is 8.91. The molecule has 1 rings (SSSR count). The van der Waals surface area contributed by atoms with E-state index in [1.807, 2.05) is 0 Å². The minimum Gasteiger partial charge on any atom is -0.396 e. The first-order valence-electron chi connectivity index (χ1n) is 6.62. The van der Waals surface area contributed by atoms with Crippen molar-refractivity contribution in [2.75, 3.05) is 13.2 Å². The van der Waals surface area contributed by atoms with E-state index in [1.54, 1.807) is 0 Å². The molecule has 0 saturated heterocycles. The van der Waals surface area contributed by atoms with Crippen LogP contribution in [-0.2, 0) is 0 Å². The molecule has 1 saturated carbocycles. The van der Waals surface area contributed by atoms with Crippen molar-refractivity contribution < 1.29 is 5.11 Å². The third-order valence-electron chi connectivity index (χ3n) is 3.78. The molecule has 0 radical (unpaired) electrons. The topological polar surface area (TPSA) is 32.3 Å². The Labute approximate surface area is 94.5 Å². The summed E-state index contributed by atoms with van der Waals surface area (Å²) in [6.07, 6.45) is 7.87. The molecule has 0 aromatic carbocycles. The van der Waals surface area contributed by atoms with Crippen molar-refractivity contribution in [1.82, 2.24) is 5.32 Å². The van der Waals surface area contributed by atoms with Crippen molar-refractivity contribution in [3.05, 3.63) is 0 Å². The van der Waals surface area contributed by atoms with Crippen molar-refractivity contribution >= 4 is 0 Å². The molecule has 2 nitrogen and oxygen atoms in total. The van der Waals surface area contributed by atoms with E-state index < -0.39 is 0 Å². The molecule has 0 aromatic heterocycles. The number of aliphatic hydroxyl groups is 1. The van der Waals surface area contributed by atoms with Crippen LogP contribution in [0.15, 0.2) is 0 Å². The Kier molecular flexibility index (Phi) is 6.26. The van der Waals surface area contributed by atoms with E-state index in [4.69, 9.17) is 5.11 Å². The number of rotatable bonds is 7. The summed E-state index contributed by atoms with van der Waals surface area (Å²) in [5, 5.41) is 12.6. The lowest BCUT2D eigenvalue weighted by atomic mass is 10.0. The first-order valence-corrected chi connectivity index (χ1v) is 6.62. The van der Waals surface area contributed by atoms with Gasteiger partial charge in [0.05, 0.1) is 0 Å². The first kappa shape index (κ1) is 13.0. The molecule has 2 N–H and O–H groups in total. The Morgan fingerprint density at radius 1 is 1.40 bits per heavy atom. The zero-order valence-corrected chi connectivity index (χ0v) is 10.3. The van der Waals surface area contributed by atoms with Gasteiger partial charge in [0.2, 0.25) is 0 Å². The highest BCUT2D eigenvalue weighted by Crippen LogP contribution is 2.27. The summed E-state index contributed by atoms with van der Waals surface area (Å²) in [7, 11) is 0. The van der Waals surface area contributed by atoms with Crippen molar-refractivity contribution in [2.24, 2.45) is 11.8 Å². The Morgan fingerprint density at radius 3 is 2.87 bits per heavy atom. The zero-order chi connectivity index (χ0) is 11.1. The summed E-state index contributed by atoms with van der Waals surface area (Å²) < 4.78 is 0. The summed E-state index contributed by atoms with van der Waals surface area (Å²) in [4.78, 5) is 0. The molecule has 0 aliphatic heterocycles. The van der Waals surface area contributed by atoms with Gasteiger partial charge in [0.25, 0.3) is 0 Å². The van der Waals surface area contributed by atoms with Gasteiger partial charge in [0.15, 0.2) is 0 Å². The fourth-order valence-electron chi connectivity index (χ4n) is 2.62. The average molecular weight is 213 g/mol. The number of nitrogens with one attached hydrogen (secondary N) is 1. The first-order chi connectivity index (χ1) is 7.27. The second-order valence-corrected chi connectivity index (χ2v) is 5.09. The van der Waals surface area contributed by atoms with Crippen LogP contribution in [0, 0.1) is 11.8 Å². The normalized spacial score (nSPS) is 28.2. The number of hydrogen-bond acceptors (Lipinski definition) is 2. The van der Waals surface area contributed by atoms with Gasteiger partial charge in [-0.05, 0) is 44.1 Å². The van der Waals surface area contributed by atoms with Gasteiger partial charge in [-0.1, -0.05) is 26.7 Å². The Hall–Kier alpha value is -0.0800. The van der Waals surface area contributed by atoms with Gasteiger partial charge in [-0.3, -0.25) is 0 Å².